The molecule has 1 aromatic carbocycles. The van der Waals surface area contributed by atoms with Crippen molar-refractivity contribution < 1.29 is 9.15 Å². The van der Waals surface area contributed by atoms with E-state index in [9.17, 15) is 0 Å². The van der Waals surface area contributed by atoms with Crippen LogP contribution in [-0.4, -0.2) is 7.11 Å². The Labute approximate surface area is 97.3 Å². The van der Waals surface area contributed by atoms with Crippen molar-refractivity contribution in [3.05, 3.63) is 30.0 Å². The maximum Gasteiger partial charge on any atom is 0.137 e. The van der Waals surface area contributed by atoms with Crippen LogP contribution in [0, 0.1) is 0 Å². The molecule has 1 atom stereocenters. The zero-order chi connectivity index (χ0) is 10.8. The Bertz CT molecular complexity index is 462. The fourth-order valence-corrected chi connectivity index (χ4v) is 2.05. The summed E-state index contributed by atoms with van der Waals surface area (Å²) in [5, 5.41) is 1.15. The highest BCUT2D eigenvalue weighted by atomic mass is 79.9. The molecule has 1 unspecified atom stereocenters. The van der Waals surface area contributed by atoms with Crippen LogP contribution < -0.4 is 4.74 Å². The molecule has 0 saturated heterocycles. The Morgan fingerprint density at radius 2 is 2.27 bits per heavy atom. The maximum atomic E-state index is 5.39. The lowest BCUT2D eigenvalue weighted by atomic mass is 10.1. The molecule has 0 spiro atoms. The molecule has 3 heteroatoms. The number of furan rings is 1. The molecule has 80 valence electrons. The van der Waals surface area contributed by atoms with Crippen LogP contribution in [0.15, 0.2) is 28.9 Å². The first kappa shape index (κ1) is 10.6. The van der Waals surface area contributed by atoms with Gasteiger partial charge in [0.15, 0.2) is 0 Å². The lowest BCUT2D eigenvalue weighted by Crippen LogP contribution is -1.91. The number of hydrogen-bond acceptors (Lipinski definition) is 2. The zero-order valence-electron chi connectivity index (χ0n) is 8.79. The quantitative estimate of drug-likeness (QED) is 0.775. The number of methoxy groups -OCH3 is 1. The molecular formula is C12H13BrO2. The van der Waals surface area contributed by atoms with Gasteiger partial charge in [0.25, 0.3) is 0 Å². The summed E-state index contributed by atoms with van der Waals surface area (Å²) in [6.45, 7) is 2.14. The number of benzene rings is 1. The molecule has 0 radical (unpaired) electrons. The molecule has 0 bridgehead atoms. The third-order valence-corrected chi connectivity index (χ3v) is 3.65. The third-order valence-electron chi connectivity index (χ3n) is 2.51. The number of ether oxygens (including phenoxy) is 1. The SMILES string of the molecule is CCC(Br)c1cc(OC)cc2occc12. The van der Waals surface area contributed by atoms with E-state index in [1.807, 2.05) is 12.1 Å². The second kappa shape index (κ2) is 4.27. The predicted molar refractivity (Wildman–Crippen MR) is 64.7 cm³/mol. The van der Waals surface area contributed by atoms with E-state index in [4.69, 9.17) is 9.15 Å². The summed E-state index contributed by atoms with van der Waals surface area (Å²) in [5.74, 6) is 0.838. The average Bonchev–Trinajstić information content (AvgIpc) is 2.74. The van der Waals surface area contributed by atoms with Gasteiger partial charge in [0.05, 0.1) is 13.4 Å². The Morgan fingerprint density at radius 3 is 2.93 bits per heavy atom. The molecule has 2 aromatic rings. The molecule has 15 heavy (non-hydrogen) atoms. The molecule has 0 fully saturated rings. The van der Waals surface area contributed by atoms with Gasteiger partial charge in [-0.25, -0.2) is 0 Å². The second-order valence-electron chi connectivity index (χ2n) is 3.42. The van der Waals surface area contributed by atoms with E-state index in [2.05, 4.69) is 28.9 Å². The molecular weight excluding hydrogens is 256 g/mol. The Kier molecular flexibility index (Phi) is 3.00. The van der Waals surface area contributed by atoms with Gasteiger partial charge in [-0.05, 0) is 24.1 Å². The molecule has 2 rings (SSSR count). The van der Waals surface area contributed by atoms with Crippen LogP contribution in [-0.2, 0) is 0 Å². The van der Waals surface area contributed by atoms with Crippen molar-refractivity contribution in [3.63, 3.8) is 0 Å². The van der Waals surface area contributed by atoms with Gasteiger partial charge in [-0.3, -0.25) is 0 Å². The van der Waals surface area contributed by atoms with Crippen LogP contribution in [0.5, 0.6) is 5.75 Å². The fourth-order valence-electron chi connectivity index (χ4n) is 1.67. The van der Waals surface area contributed by atoms with Crippen LogP contribution in [0.25, 0.3) is 11.0 Å². The number of rotatable bonds is 3. The minimum Gasteiger partial charge on any atom is -0.497 e. The summed E-state index contributed by atoms with van der Waals surface area (Å²) in [6.07, 6.45) is 2.75. The zero-order valence-corrected chi connectivity index (χ0v) is 10.4. The molecule has 0 N–H and O–H groups in total. The molecule has 0 aliphatic carbocycles. The van der Waals surface area contributed by atoms with Crippen LogP contribution in [0.4, 0.5) is 0 Å². The normalized spacial score (nSPS) is 13.0. The molecule has 0 saturated carbocycles. The largest absolute Gasteiger partial charge is 0.497 e. The van der Waals surface area contributed by atoms with Crippen LogP contribution in [0.3, 0.4) is 0 Å². The van der Waals surface area contributed by atoms with Crippen molar-refractivity contribution >= 4 is 26.9 Å². The minimum absolute atomic E-state index is 0.340. The Hall–Kier alpha value is -0.960. The van der Waals surface area contributed by atoms with Gasteiger partial charge >= 0.3 is 0 Å². The Morgan fingerprint density at radius 1 is 1.47 bits per heavy atom. The van der Waals surface area contributed by atoms with Crippen LogP contribution >= 0.6 is 15.9 Å². The van der Waals surface area contributed by atoms with Gasteiger partial charge in [0.1, 0.15) is 11.3 Å². The van der Waals surface area contributed by atoms with E-state index in [1.54, 1.807) is 13.4 Å². The van der Waals surface area contributed by atoms with Crippen molar-refractivity contribution in [3.8, 4) is 5.75 Å². The predicted octanol–water partition coefficient (Wildman–Crippen LogP) is 4.29. The highest BCUT2D eigenvalue weighted by Gasteiger charge is 2.12. The maximum absolute atomic E-state index is 5.39. The number of hydrogen-bond donors (Lipinski definition) is 0. The highest BCUT2D eigenvalue weighted by Crippen LogP contribution is 2.35. The number of alkyl halides is 1. The van der Waals surface area contributed by atoms with Crippen molar-refractivity contribution in [1.29, 1.82) is 0 Å². The van der Waals surface area contributed by atoms with Gasteiger partial charge < -0.3 is 9.15 Å². The lowest BCUT2D eigenvalue weighted by Gasteiger charge is -2.10. The van der Waals surface area contributed by atoms with E-state index < -0.39 is 0 Å². The van der Waals surface area contributed by atoms with Gasteiger partial charge in [-0.2, -0.15) is 0 Å². The minimum atomic E-state index is 0.340. The van der Waals surface area contributed by atoms with Gasteiger partial charge in [0.2, 0.25) is 0 Å². The van der Waals surface area contributed by atoms with Gasteiger partial charge in [-0.1, -0.05) is 22.9 Å². The standard InChI is InChI=1S/C12H13BrO2/c1-3-11(13)10-6-8(14-2)7-12-9(10)4-5-15-12/h4-7,11H,3H2,1-2H3. The third kappa shape index (κ3) is 1.88. The molecule has 1 aromatic heterocycles. The molecule has 0 aliphatic heterocycles. The van der Waals surface area contributed by atoms with Crippen molar-refractivity contribution in [2.75, 3.05) is 7.11 Å². The summed E-state index contributed by atoms with van der Waals surface area (Å²) >= 11 is 3.66. The summed E-state index contributed by atoms with van der Waals surface area (Å²) in [4.78, 5) is 0.340. The number of fused-ring (bicyclic) bond motifs is 1. The first-order valence-electron chi connectivity index (χ1n) is 4.95. The van der Waals surface area contributed by atoms with E-state index in [1.165, 1.54) is 5.56 Å². The first-order chi connectivity index (χ1) is 7.26. The smallest absolute Gasteiger partial charge is 0.137 e. The van der Waals surface area contributed by atoms with Crippen LogP contribution in [0.1, 0.15) is 23.7 Å². The number of halogens is 1. The molecule has 0 amide bonds. The van der Waals surface area contributed by atoms with Gasteiger partial charge in [0, 0.05) is 16.3 Å². The second-order valence-corrected chi connectivity index (χ2v) is 4.53. The summed E-state index contributed by atoms with van der Waals surface area (Å²) in [6, 6.07) is 5.96. The highest BCUT2D eigenvalue weighted by molar-refractivity contribution is 9.09. The fraction of sp³-hybridized carbons (Fsp3) is 0.333. The monoisotopic (exact) mass is 268 g/mol. The van der Waals surface area contributed by atoms with E-state index in [0.717, 1.165) is 23.1 Å². The van der Waals surface area contributed by atoms with Crippen molar-refractivity contribution in [2.45, 2.75) is 18.2 Å². The van der Waals surface area contributed by atoms with E-state index in [0.29, 0.717) is 4.83 Å². The summed E-state index contributed by atoms with van der Waals surface area (Å²) in [5.41, 5.74) is 2.10. The summed E-state index contributed by atoms with van der Waals surface area (Å²) in [7, 11) is 1.67. The topological polar surface area (TPSA) is 22.4 Å². The van der Waals surface area contributed by atoms with Gasteiger partial charge in [-0.15, -0.1) is 0 Å². The average molecular weight is 269 g/mol. The lowest BCUT2D eigenvalue weighted by molar-refractivity contribution is 0.414. The molecule has 2 nitrogen and oxygen atoms in total. The van der Waals surface area contributed by atoms with E-state index >= 15 is 0 Å². The Balaban J connectivity index is 2.63. The summed E-state index contributed by atoms with van der Waals surface area (Å²) < 4.78 is 10.6. The van der Waals surface area contributed by atoms with Crippen molar-refractivity contribution in [2.24, 2.45) is 0 Å². The first-order valence-corrected chi connectivity index (χ1v) is 5.87. The van der Waals surface area contributed by atoms with Crippen molar-refractivity contribution in [1.82, 2.24) is 0 Å². The molecule has 1 heterocycles. The molecule has 0 aliphatic rings. The van der Waals surface area contributed by atoms with E-state index in [-0.39, 0.29) is 0 Å². The van der Waals surface area contributed by atoms with Crippen LogP contribution in [0.2, 0.25) is 0 Å².